The first-order chi connectivity index (χ1) is 9.92. The maximum Gasteiger partial charge on any atom is 0.249 e. The minimum absolute atomic E-state index is 0.0270. The maximum atomic E-state index is 12.0. The van der Waals surface area contributed by atoms with E-state index < -0.39 is 0 Å². The van der Waals surface area contributed by atoms with Crippen LogP contribution in [0.25, 0.3) is 0 Å². The van der Waals surface area contributed by atoms with E-state index in [9.17, 15) is 9.59 Å². The summed E-state index contributed by atoms with van der Waals surface area (Å²) in [5, 5.41) is 6.28. The second kappa shape index (κ2) is 8.41. The number of hydrogen-bond acceptors (Lipinski definition) is 5. The number of nitrogens with zero attached hydrogens (tertiary/aromatic N) is 2. The summed E-state index contributed by atoms with van der Waals surface area (Å²) in [6, 6.07) is 1.62. The summed E-state index contributed by atoms with van der Waals surface area (Å²) in [7, 11) is 1.46. The molecule has 1 heterocycles. The van der Waals surface area contributed by atoms with Crippen molar-refractivity contribution in [3.63, 3.8) is 0 Å². The SMILES string of the molecule is COCC(=O)N(CCC(C)C)CC(=O)Nc1cc(C)on1. The summed E-state index contributed by atoms with van der Waals surface area (Å²) < 4.78 is 9.71. The van der Waals surface area contributed by atoms with E-state index >= 15 is 0 Å². The van der Waals surface area contributed by atoms with Crippen molar-refractivity contribution < 1.29 is 18.8 Å². The Morgan fingerprint density at radius 3 is 2.71 bits per heavy atom. The number of methoxy groups -OCH3 is 1. The molecule has 1 aromatic heterocycles. The summed E-state index contributed by atoms with van der Waals surface area (Å²) in [4.78, 5) is 25.4. The molecule has 1 N–H and O–H groups in total. The average molecular weight is 297 g/mol. The number of amides is 2. The first-order valence-electron chi connectivity index (χ1n) is 6.92. The van der Waals surface area contributed by atoms with Gasteiger partial charge in [-0.3, -0.25) is 9.59 Å². The fraction of sp³-hybridized carbons (Fsp3) is 0.643. The lowest BCUT2D eigenvalue weighted by atomic mass is 10.1. The molecule has 0 bridgehead atoms. The van der Waals surface area contributed by atoms with Gasteiger partial charge in [0.2, 0.25) is 11.8 Å². The number of hydrogen-bond donors (Lipinski definition) is 1. The highest BCUT2D eigenvalue weighted by Crippen LogP contribution is 2.08. The lowest BCUT2D eigenvalue weighted by Crippen LogP contribution is -2.40. The fourth-order valence-electron chi connectivity index (χ4n) is 1.70. The molecule has 0 aliphatic heterocycles. The van der Waals surface area contributed by atoms with Crippen LogP contribution in [-0.2, 0) is 14.3 Å². The number of aryl methyl sites for hydroxylation is 1. The molecule has 0 saturated carbocycles. The molecule has 0 fully saturated rings. The molecule has 0 saturated heterocycles. The lowest BCUT2D eigenvalue weighted by molar-refractivity contribution is -0.138. The van der Waals surface area contributed by atoms with Gasteiger partial charge in [-0.05, 0) is 19.3 Å². The van der Waals surface area contributed by atoms with Gasteiger partial charge in [0.25, 0.3) is 0 Å². The minimum atomic E-state index is -0.309. The van der Waals surface area contributed by atoms with Crippen LogP contribution in [0.1, 0.15) is 26.0 Å². The van der Waals surface area contributed by atoms with Crippen LogP contribution in [0.15, 0.2) is 10.6 Å². The third kappa shape index (κ3) is 6.40. The van der Waals surface area contributed by atoms with E-state index in [2.05, 4.69) is 24.3 Å². The first-order valence-corrected chi connectivity index (χ1v) is 6.92. The highest BCUT2D eigenvalue weighted by atomic mass is 16.5. The molecule has 7 nitrogen and oxygen atoms in total. The minimum Gasteiger partial charge on any atom is -0.375 e. The Morgan fingerprint density at radius 2 is 2.19 bits per heavy atom. The molecular formula is C14H23N3O4. The van der Waals surface area contributed by atoms with E-state index in [-0.39, 0.29) is 25.0 Å². The van der Waals surface area contributed by atoms with Crippen LogP contribution < -0.4 is 5.32 Å². The predicted molar refractivity (Wildman–Crippen MR) is 77.8 cm³/mol. The monoisotopic (exact) mass is 297 g/mol. The number of ether oxygens (including phenoxy) is 1. The quantitative estimate of drug-likeness (QED) is 0.785. The highest BCUT2D eigenvalue weighted by Gasteiger charge is 2.18. The zero-order valence-electron chi connectivity index (χ0n) is 13.0. The third-order valence-electron chi connectivity index (χ3n) is 2.83. The largest absolute Gasteiger partial charge is 0.375 e. The number of anilines is 1. The van der Waals surface area contributed by atoms with Gasteiger partial charge in [0.1, 0.15) is 12.4 Å². The Morgan fingerprint density at radius 1 is 1.48 bits per heavy atom. The number of nitrogens with one attached hydrogen (secondary N) is 1. The van der Waals surface area contributed by atoms with E-state index in [0.29, 0.717) is 24.0 Å². The van der Waals surface area contributed by atoms with Crippen LogP contribution in [-0.4, -0.2) is 48.7 Å². The van der Waals surface area contributed by atoms with Gasteiger partial charge in [-0.25, -0.2) is 0 Å². The van der Waals surface area contributed by atoms with E-state index in [1.54, 1.807) is 13.0 Å². The molecule has 21 heavy (non-hydrogen) atoms. The molecule has 7 heteroatoms. The van der Waals surface area contributed by atoms with Gasteiger partial charge in [0.05, 0.1) is 6.54 Å². The van der Waals surface area contributed by atoms with Crippen molar-refractivity contribution in [3.8, 4) is 0 Å². The van der Waals surface area contributed by atoms with Gasteiger partial charge < -0.3 is 19.5 Å². The zero-order valence-corrected chi connectivity index (χ0v) is 13.0. The Hall–Kier alpha value is -1.89. The molecule has 1 rings (SSSR count). The van der Waals surface area contributed by atoms with Crippen molar-refractivity contribution >= 4 is 17.6 Å². The van der Waals surface area contributed by atoms with Crippen molar-refractivity contribution in [2.24, 2.45) is 5.92 Å². The standard InChI is InChI=1S/C14H23N3O4/c1-10(2)5-6-17(14(19)9-20-4)8-13(18)15-12-7-11(3)21-16-12/h7,10H,5-6,8-9H2,1-4H3,(H,15,16,18). The average Bonchev–Trinajstić information content (AvgIpc) is 2.79. The van der Waals surface area contributed by atoms with Crippen molar-refractivity contribution in [2.45, 2.75) is 27.2 Å². The normalized spacial score (nSPS) is 10.7. The van der Waals surface area contributed by atoms with Crippen LogP contribution >= 0.6 is 0 Å². The van der Waals surface area contributed by atoms with Crippen LogP contribution in [0.5, 0.6) is 0 Å². The summed E-state index contributed by atoms with van der Waals surface area (Å²) in [6.07, 6.45) is 0.825. The van der Waals surface area contributed by atoms with Crippen molar-refractivity contribution in [2.75, 3.05) is 32.1 Å². The third-order valence-corrected chi connectivity index (χ3v) is 2.83. The van der Waals surface area contributed by atoms with Gasteiger partial charge in [0.15, 0.2) is 5.82 Å². The molecule has 2 amide bonds. The van der Waals surface area contributed by atoms with Gasteiger partial charge in [0, 0.05) is 19.7 Å². The topological polar surface area (TPSA) is 84.7 Å². The smallest absolute Gasteiger partial charge is 0.249 e. The van der Waals surface area contributed by atoms with Crippen LogP contribution in [0, 0.1) is 12.8 Å². The van der Waals surface area contributed by atoms with Gasteiger partial charge in [-0.2, -0.15) is 0 Å². The molecule has 0 aromatic carbocycles. The zero-order chi connectivity index (χ0) is 15.8. The first kappa shape index (κ1) is 17.2. The van der Waals surface area contributed by atoms with E-state index in [1.165, 1.54) is 12.0 Å². The lowest BCUT2D eigenvalue weighted by Gasteiger charge is -2.22. The Balaban J connectivity index is 2.57. The Bertz CT molecular complexity index is 471. The molecule has 118 valence electrons. The van der Waals surface area contributed by atoms with Gasteiger partial charge >= 0.3 is 0 Å². The summed E-state index contributed by atoms with van der Waals surface area (Å²) in [6.45, 7) is 6.33. The second-order valence-corrected chi connectivity index (χ2v) is 5.30. The number of carbonyl (C=O) groups is 2. The molecule has 0 spiro atoms. The molecule has 0 atom stereocenters. The van der Waals surface area contributed by atoms with Crippen molar-refractivity contribution in [1.82, 2.24) is 10.1 Å². The number of carbonyl (C=O) groups excluding carboxylic acids is 2. The highest BCUT2D eigenvalue weighted by molar-refractivity contribution is 5.93. The molecular weight excluding hydrogens is 274 g/mol. The van der Waals surface area contributed by atoms with E-state index in [0.717, 1.165) is 6.42 Å². The van der Waals surface area contributed by atoms with Crippen LogP contribution in [0.2, 0.25) is 0 Å². The molecule has 0 aliphatic carbocycles. The molecule has 1 aromatic rings. The number of aromatic nitrogens is 1. The fourth-order valence-corrected chi connectivity index (χ4v) is 1.70. The number of rotatable bonds is 8. The van der Waals surface area contributed by atoms with Crippen molar-refractivity contribution in [3.05, 3.63) is 11.8 Å². The van der Waals surface area contributed by atoms with E-state index in [1.807, 2.05) is 0 Å². The van der Waals surface area contributed by atoms with Crippen molar-refractivity contribution in [1.29, 1.82) is 0 Å². The molecule has 0 radical (unpaired) electrons. The van der Waals surface area contributed by atoms with E-state index in [4.69, 9.17) is 9.26 Å². The summed E-state index contributed by atoms with van der Waals surface area (Å²) >= 11 is 0. The summed E-state index contributed by atoms with van der Waals surface area (Å²) in [5.41, 5.74) is 0. The van der Waals surface area contributed by atoms with Crippen LogP contribution in [0.3, 0.4) is 0 Å². The van der Waals surface area contributed by atoms with Gasteiger partial charge in [-0.15, -0.1) is 0 Å². The Labute approximate surface area is 124 Å². The Kier molecular flexibility index (Phi) is 6.87. The molecule has 0 unspecified atom stereocenters. The van der Waals surface area contributed by atoms with Gasteiger partial charge in [-0.1, -0.05) is 19.0 Å². The predicted octanol–water partition coefficient (Wildman–Crippen LogP) is 1.44. The van der Waals surface area contributed by atoms with Crippen LogP contribution in [0.4, 0.5) is 5.82 Å². The second-order valence-electron chi connectivity index (χ2n) is 5.30. The summed E-state index contributed by atoms with van der Waals surface area (Å²) in [5.74, 6) is 0.892. The molecule has 0 aliphatic rings. The maximum absolute atomic E-state index is 12.0.